The van der Waals surface area contributed by atoms with Crippen LogP contribution in [0.2, 0.25) is 0 Å². The van der Waals surface area contributed by atoms with E-state index in [9.17, 15) is 4.39 Å². The van der Waals surface area contributed by atoms with Crippen molar-refractivity contribution in [3.63, 3.8) is 0 Å². The third-order valence-electron chi connectivity index (χ3n) is 4.01. The molecule has 19 heavy (non-hydrogen) atoms. The second kappa shape index (κ2) is 5.22. The van der Waals surface area contributed by atoms with Gasteiger partial charge in [-0.05, 0) is 30.4 Å². The Labute approximate surface area is 120 Å². The molecule has 3 atom stereocenters. The first kappa shape index (κ1) is 13.1. The van der Waals surface area contributed by atoms with E-state index < -0.39 is 0 Å². The van der Waals surface area contributed by atoms with Crippen LogP contribution < -0.4 is 0 Å². The van der Waals surface area contributed by atoms with Crippen LogP contribution in [0, 0.1) is 11.7 Å². The Balaban J connectivity index is 2.07. The zero-order valence-corrected chi connectivity index (χ0v) is 12.4. The third-order valence-corrected chi connectivity index (χ3v) is 5.18. The van der Waals surface area contributed by atoms with Crippen LogP contribution in [-0.2, 0) is 4.74 Å². The summed E-state index contributed by atoms with van der Waals surface area (Å²) in [6, 6.07) is 11.1. The molecule has 2 aromatic rings. The van der Waals surface area contributed by atoms with E-state index >= 15 is 0 Å². The number of hydrogen-bond donors (Lipinski definition) is 0. The first-order valence-electron chi connectivity index (χ1n) is 6.61. The van der Waals surface area contributed by atoms with Crippen LogP contribution in [0.25, 0.3) is 10.8 Å². The fraction of sp³-hybridized carbons (Fsp3) is 0.375. The number of halogens is 2. The Kier molecular flexibility index (Phi) is 3.59. The van der Waals surface area contributed by atoms with E-state index in [1.165, 1.54) is 0 Å². The van der Waals surface area contributed by atoms with Gasteiger partial charge in [-0.2, -0.15) is 0 Å². The summed E-state index contributed by atoms with van der Waals surface area (Å²) < 4.78 is 19.5. The highest BCUT2D eigenvalue weighted by molar-refractivity contribution is 9.09. The van der Waals surface area contributed by atoms with Crippen molar-refractivity contribution in [3.05, 3.63) is 47.8 Å². The fourth-order valence-corrected chi connectivity index (χ4v) is 3.98. The molecular weight excluding hydrogens is 307 g/mol. The predicted octanol–water partition coefficient (Wildman–Crippen LogP) is 4.84. The SMILES string of the molecule is CC1OCCC1C(Br)c1ccc(F)c2ccccc12. The first-order valence-corrected chi connectivity index (χ1v) is 7.53. The second-order valence-electron chi connectivity index (χ2n) is 5.11. The van der Waals surface area contributed by atoms with Crippen LogP contribution in [0.5, 0.6) is 0 Å². The van der Waals surface area contributed by atoms with E-state index in [1.807, 2.05) is 30.3 Å². The maximum atomic E-state index is 13.8. The maximum Gasteiger partial charge on any atom is 0.131 e. The normalized spacial score (nSPS) is 24.8. The number of rotatable bonds is 2. The first-order chi connectivity index (χ1) is 9.18. The fourth-order valence-electron chi connectivity index (χ4n) is 2.89. The van der Waals surface area contributed by atoms with E-state index in [4.69, 9.17) is 4.74 Å². The van der Waals surface area contributed by atoms with Crippen molar-refractivity contribution >= 4 is 26.7 Å². The lowest BCUT2D eigenvalue weighted by Crippen LogP contribution is -2.16. The van der Waals surface area contributed by atoms with Crippen molar-refractivity contribution in [3.8, 4) is 0 Å². The van der Waals surface area contributed by atoms with Gasteiger partial charge in [0, 0.05) is 22.7 Å². The molecule has 1 nitrogen and oxygen atoms in total. The van der Waals surface area contributed by atoms with Crippen molar-refractivity contribution in [2.45, 2.75) is 24.3 Å². The van der Waals surface area contributed by atoms with Gasteiger partial charge in [0.15, 0.2) is 0 Å². The Morgan fingerprint density at radius 2 is 1.95 bits per heavy atom. The number of hydrogen-bond acceptors (Lipinski definition) is 1. The number of benzene rings is 2. The molecule has 3 rings (SSSR count). The van der Waals surface area contributed by atoms with Crippen molar-refractivity contribution in [1.29, 1.82) is 0 Å². The lowest BCUT2D eigenvalue weighted by molar-refractivity contribution is 0.105. The predicted molar refractivity (Wildman–Crippen MR) is 79.1 cm³/mol. The average Bonchev–Trinajstić information content (AvgIpc) is 2.85. The van der Waals surface area contributed by atoms with Crippen molar-refractivity contribution < 1.29 is 9.13 Å². The highest BCUT2D eigenvalue weighted by Gasteiger charge is 2.32. The van der Waals surface area contributed by atoms with E-state index in [-0.39, 0.29) is 16.7 Å². The van der Waals surface area contributed by atoms with Crippen LogP contribution in [0.4, 0.5) is 4.39 Å². The molecule has 0 spiro atoms. The molecule has 0 bridgehead atoms. The summed E-state index contributed by atoms with van der Waals surface area (Å²) in [6.45, 7) is 2.92. The zero-order chi connectivity index (χ0) is 13.4. The molecule has 3 heteroatoms. The van der Waals surface area contributed by atoms with Gasteiger partial charge in [-0.25, -0.2) is 4.39 Å². The van der Waals surface area contributed by atoms with Gasteiger partial charge in [0.05, 0.1) is 6.10 Å². The van der Waals surface area contributed by atoms with Gasteiger partial charge in [0.1, 0.15) is 5.82 Å². The molecule has 1 fully saturated rings. The van der Waals surface area contributed by atoms with E-state index in [2.05, 4.69) is 22.9 Å². The second-order valence-corrected chi connectivity index (χ2v) is 6.10. The van der Waals surface area contributed by atoms with E-state index in [0.29, 0.717) is 11.3 Å². The minimum absolute atomic E-state index is 0.158. The highest BCUT2D eigenvalue weighted by Crippen LogP contribution is 2.42. The van der Waals surface area contributed by atoms with Gasteiger partial charge in [-0.15, -0.1) is 0 Å². The molecule has 1 saturated heterocycles. The summed E-state index contributed by atoms with van der Waals surface area (Å²) in [6.07, 6.45) is 1.29. The highest BCUT2D eigenvalue weighted by atomic mass is 79.9. The van der Waals surface area contributed by atoms with Crippen molar-refractivity contribution in [2.75, 3.05) is 6.61 Å². The molecule has 2 aromatic carbocycles. The number of fused-ring (bicyclic) bond motifs is 1. The quantitative estimate of drug-likeness (QED) is 0.719. The minimum Gasteiger partial charge on any atom is -0.378 e. The van der Waals surface area contributed by atoms with E-state index in [1.54, 1.807) is 6.07 Å². The van der Waals surface area contributed by atoms with Crippen molar-refractivity contribution in [1.82, 2.24) is 0 Å². The Hall–Kier alpha value is -0.930. The van der Waals surface area contributed by atoms with Gasteiger partial charge < -0.3 is 4.74 Å². The molecule has 0 amide bonds. The average molecular weight is 323 g/mol. The Bertz CT molecular complexity index is 598. The smallest absolute Gasteiger partial charge is 0.131 e. The summed E-state index contributed by atoms with van der Waals surface area (Å²) >= 11 is 3.80. The lowest BCUT2D eigenvalue weighted by Gasteiger charge is -2.22. The monoisotopic (exact) mass is 322 g/mol. The van der Waals surface area contributed by atoms with Crippen LogP contribution in [0.1, 0.15) is 23.7 Å². The number of alkyl halides is 1. The van der Waals surface area contributed by atoms with Gasteiger partial charge in [-0.3, -0.25) is 0 Å². The zero-order valence-electron chi connectivity index (χ0n) is 10.8. The van der Waals surface area contributed by atoms with Crippen LogP contribution in [0.3, 0.4) is 0 Å². The third kappa shape index (κ3) is 2.30. The van der Waals surface area contributed by atoms with Crippen LogP contribution >= 0.6 is 15.9 Å². The molecule has 0 saturated carbocycles. The molecule has 1 aliphatic rings. The topological polar surface area (TPSA) is 9.23 Å². The van der Waals surface area contributed by atoms with Gasteiger partial charge in [-0.1, -0.05) is 46.3 Å². The summed E-state index contributed by atoms with van der Waals surface area (Å²) in [7, 11) is 0. The van der Waals surface area contributed by atoms with Crippen LogP contribution in [0.15, 0.2) is 36.4 Å². The minimum atomic E-state index is -0.158. The summed E-state index contributed by atoms with van der Waals surface area (Å²) in [5.74, 6) is 0.281. The van der Waals surface area contributed by atoms with E-state index in [0.717, 1.165) is 24.0 Å². The van der Waals surface area contributed by atoms with Crippen LogP contribution in [-0.4, -0.2) is 12.7 Å². The molecule has 0 radical (unpaired) electrons. The van der Waals surface area contributed by atoms with Gasteiger partial charge >= 0.3 is 0 Å². The molecule has 1 heterocycles. The van der Waals surface area contributed by atoms with Gasteiger partial charge in [0.2, 0.25) is 0 Å². The molecule has 0 aromatic heterocycles. The molecule has 0 aliphatic carbocycles. The standard InChI is InChI=1S/C16H16BrFO/c1-10-11(8-9-19-10)16(17)14-6-7-15(18)13-5-3-2-4-12(13)14/h2-7,10-11,16H,8-9H2,1H3. The summed E-state index contributed by atoms with van der Waals surface area (Å²) in [5.41, 5.74) is 1.15. The Morgan fingerprint density at radius 3 is 2.63 bits per heavy atom. The van der Waals surface area contributed by atoms with Crippen molar-refractivity contribution in [2.24, 2.45) is 5.92 Å². The lowest BCUT2D eigenvalue weighted by atomic mass is 9.91. The molecule has 100 valence electrons. The molecule has 0 N–H and O–H groups in total. The molecular formula is C16H16BrFO. The van der Waals surface area contributed by atoms with Gasteiger partial charge in [0.25, 0.3) is 0 Å². The largest absolute Gasteiger partial charge is 0.378 e. The Morgan fingerprint density at radius 1 is 1.21 bits per heavy atom. The summed E-state index contributed by atoms with van der Waals surface area (Å²) in [5, 5.41) is 1.68. The molecule has 3 unspecified atom stereocenters. The maximum absolute atomic E-state index is 13.8. The summed E-state index contributed by atoms with van der Waals surface area (Å²) in [4.78, 5) is 0.204. The molecule has 1 aliphatic heterocycles. The number of ether oxygens (including phenoxy) is 1.